The van der Waals surface area contributed by atoms with E-state index in [1.165, 1.54) is 93.0 Å². The van der Waals surface area contributed by atoms with E-state index in [4.69, 9.17) is 5.11 Å². The molecule has 5 nitrogen and oxygen atoms in total. The molecule has 38 heavy (non-hydrogen) atoms. The zero-order valence-electron chi connectivity index (χ0n) is 24.2. The van der Waals surface area contributed by atoms with Gasteiger partial charge >= 0.3 is 11.9 Å². The van der Waals surface area contributed by atoms with Crippen LogP contribution in [0.15, 0.2) is 35.9 Å². The van der Waals surface area contributed by atoms with Crippen molar-refractivity contribution in [2.75, 3.05) is 11.5 Å². The molecule has 1 aromatic carbocycles. The van der Waals surface area contributed by atoms with E-state index in [9.17, 15) is 19.5 Å². The molecule has 6 heteroatoms. The van der Waals surface area contributed by atoms with Crippen LogP contribution < -0.4 is 0 Å². The van der Waals surface area contributed by atoms with Crippen LogP contribution in [0.4, 0.5) is 0 Å². The highest BCUT2D eigenvalue weighted by atomic mass is 32.2. The third-order valence-electron chi connectivity index (χ3n) is 7.24. The van der Waals surface area contributed by atoms with Crippen LogP contribution in [0.25, 0.3) is 0 Å². The van der Waals surface area contributed by atoms with E-state index in [0.717, 1.165) is 29.9 Å². The number of ketones is 1. The predicted octanol–water partition coefficient (Wildman–Crippen LogP) is 8.78. The van der Waals surface area contributed by atoms with Crippen molar-refractivity contribution in [3.8, 4) is 0 Å². The minimum Gasteiger partial charge on any atom is -0.481 e. The molecule has 1 aromatic rings. The monoisotopic (exact) mass is 546 g/mol. The van der Waals surface area contributed by atoms with Crippen molar-refractivity contribution < 1.29 is 24.6 Å². The Morgan fingerprint density at radius 1 is 0.816 bits per heavy atom. The molecule has 0 amide bonds. The second kappa shape index (κ2) is 19.1. The molecule has 0 bridgehead atoms. The van der Waals surface area contributed by atoms with Gasteiger partial charge in [0.05, 0.1) is 11.5 Å². The van der Waals surface area contributed by atoms with E-state index in [1.54, 1.807) is 0 Å². The zero-order chi connectivity index (χ0) is 28.5. The number of carboxylic acids is 2. The Bertz CT molecular complexity index is 874. The molecular formula is C32H50O5S. The van der Waals surface area contributed by atoms with E-state index in [-0.39, 0.29) is 17.8 Å². The molecule has 1 rings (SSSR count). The molecule has 3 atom stereocenters. The van der Waals surface area contributed by atoms with E-state index in [1.807, 2.05) is 0 Å². The van der Waals surface area contributed by atoms with Crippen molar-refractivity contribution >= 4 is 29.5 Å². The third kappa shape index (κ3) is 15.4. The Morgan fingerprint density at radius 3 is 1.87 bits per heavy atom. The highest BCUT2D eigenvalue weighted by Gasteiger charge is 2.22. The first kappa shape index (κ1) is 33.9. The summed E-state index contributed by atoms with van der Waals surface area (Å²) in [5.41, 5.74) is 1.78. The molecule has 0 spiro atoms. The van der Waals surface area contributed by atoms with Crippen LogP contribution in [0.3, 0.4) is 0 Å². The molecular weight excluding hydrogens is 496 g/mol. The molecule has 2 N–H and O–H groups in total. The molecule has 0 aliphatic heterocycles. The van der Waals surface area contributed by atoms with Gasteiger partial charge < -0.3 is 10.2 Å². The first-order valence-corrected chi connectivity index (χ1v) is 15.5. The molecule has 0 saturated heterocycles. The van der Waals surface area contributed by atoms with Crippen molar-refractivity contribution in [2.24, 2.45) is 23.7 Å². The topological polar surface area (TPSA) is 91.7 Å². The average molecular weight is 547 g/mol. The second-order valence-electron chi connectivity index (χ2n) is 11.5. The summed E-state index contributed by atoms with van der Waals surface area (Å²) in [7, 11) is 0. The number of carbonyl (C=O) groups is 3. The lowest BCUT2D eigenvalue weighted by molar-refractivity contribution is -0.140. The van der Waals surface area contributed by atoms with Crippen LogP contribution in [0.1, 0.15) is 120 Å². The van der Waals surface area contributed by atoms with Crippen molar-refractivity contribution in [3.63, 3.8) is 0 Å². The third-order valence-corrected chi connectivity index (χ3v) is 8.28. The van der Waals surface area contributed by atoms with Gasteiger partial charge in [-0.1, -0.05) is 96.4 Å². The molecule has 0 aliphatic carbocycles. The summed E-state index contributed by atoms with van der Waals surface area (Å²) < 4.78 is 0. The number of carboxylic acid groups (broad SMARTS) is 2. The Hall–Kier alpha value is -2.08. The Balaban J connectivity index is 2.27. The number of thioether (sulfide) groups is 1. The maximum absolute atomic E-state index is 12.5. The summed E-state index contributed by atoms with van der Waals surface area (Å²) >= 11 is 1.53. The smallest absolute Gasteiger partial charge is 0.335 e. The molecule has 0 heterocycles. The van der Waals surface area contributed by atoms with Crippen LogP contribution in [0.2, 0.25) is 0 Å². The van der Waals surface area contributed by atoms with Gasteiger partial charge in [0.1, 0.15) is 0 Å². The molecule has 0 saturated carbocycles. The SMILES string of the molecule is C/C(=C\CSCC(CC(=O)c1ccc(C(=O)O)cc1)C(=O)O)CCCC(C)CCCC(C)CCCC(C)C. The van der Waals surface area contributed by atoms with Gasteiger partial charge in [-0.3, -0.25) is 9.59 Å². The minimum absolute atomic E-state index is 0.0912. The van der Waals surface area contributed by atoms with Crippen LogP contribution in [-0.4, -0.2) is 39.4 Å². The van der Waals surface area contributed by atoms with Gasteiger partial charge in [0, 0.05) is 23.5 Å². The number of benzene rings is 1. The molecule has 0 aliphatic rings. The van der Waals surface area contributed by atoms with E-state index in [0.29, 0.717) is 11.3 Å². The number of hydrogen-bond acceptors (Lipinski definition) is 4. The Labute approximate surface area is 234 Å². The molecule has 0 aromatic heterocycles. The summed E-state index contributed by atoms with van der Waals surface area (Å²) in [5.74, 6) is 0.431. The van der Waals surface area contributed by atoms with Gasteiger partial charge in [-0.25, -0.2) is 4.79 Å². The maximum atomic E-state index is 12.5. The van der Waals surface area contributed by atoms with Crippen LogP contribution in [0, 0.1) is 23.7 Å². The van der Waals surface area contributed by atoms with E-state index >= 15 is 0 Å². The fraction of sp³-hybridized carbons (Fsp3) is 0.656. The van der Waals surface area contributed by atoms with Gasteiger partial charge in [-0.05, 0) is 49.7 Å². The molecule has 0 radical (unpaired) electrons. The van der Waals surface area contributed by atoms with Gasteiger partial charge in [0.2, 0.25) is 0 Å². The lowest BCUT2D eigenvalue weighted by Crippen LogP contribution is -2.20. The summed E-state index contributed by atoms with van der Waals surface area (Å²) in [5, 5.41) is 18.5. The van der Waals surface area contributed by atoms with E-state index < -0.39 is 17.9 Å². The summed E-state index contributed by atoms with van der Waals surface area (Å²) in [4.78, 5) is 35.1. The van der Waals surface area contributed by atoms with Crippen LogP contribution in [0.5, 0.6) is 0 Å². The lowest BCUT2D eigenvalue weighted by Gasteiger charge is -2.15. The first-order chi connectivity index (χ1) is 18.0. The Kier molecular flexibility index (Phi) is 17.0. The lowest BCUT2D eigenvalue weighted by atomic mass is 9.91. The molecule has 214 valence electrons. The fourth-order valence-electron chi connectivity index (χ4n) is 4.58. The average Bonchev–Trinajstić information content (AvgIpc) is 2.85. The number of Topliss-reactive ketones (excluding diaryl/α,β-unsaturated/α-hetero) is 1. The van der Waals surface area contributed by atoms with E-state index in [2.05, 4.69) is 40.7 Å². The number of rotatable bonds is 21. The number of hydrogen-bond donors (Lipinski definition) is 2. The maximum Gasteiger partial charge on any atom is 0.335 e. The van der Waals surface area contributed by atoms with Crippen molar-refractivity contribution in [1.82, 2.24) is 0 Å². The van der Waals surface area contributed by atoms with Gasteiger partial charge in [0.25, 0.3) is 0 Å². The number of allylic oxidation sites excluding steroid dienone is 1. The van der Waals surface area contributed by atoms with Crippen molar-refractivity contribution in [2.45, 2.75) is 98.8 Å². The number of aromatic carboxylic acids is 1. The van der Waals surface area contributed by atoms with Gasteiger partial charge in [-0.2, -0.15) is 11.8 Å². The van der Waals surface area contributed by atoms with Gasteiger partial charge in [-0.15, -0.1) is 0 Å². The van der Waals surface area contributed by atoms with Gasteiger partial charge in [0.15, 0.2) is 5.78 Å². The highest BCUT2D eigenvalue weighted by molar-refractivity contribution is 7.99. The number of carbonyl (C=O) groups excluding carboxylic acids is 1. The summed E-state index contributed by atoms with van der Waals surface area (Å²) in [6.45, 7) is 11.5. The quantitative estimate of drug-likeness (QED) is 0.0909. The highest BCUT2D eigenvalue weighted by Crippen LogP contribution is 2.23. The van der Waals surface area contributed by atoms with Crippen molar-refractivity contribution in [1.29, 1.82) is 0 Å². The van der Waals surface area contributed by atoms with Crippen LogP contribution in [-0.2, 0) is 4.79 Å². The predicted molar refractivity (Wildman–Crippen MR) is 159 cm³/mol. The molecule has 3 unspecified atom stereocenters. The fourth-order valence-corrected chi connectivity index (χ4v) is 5.66. The molecule has 0 fully saturated rings. The normalized spacial score (nSPS) is 14.3. The van der Waals surface area contributed by atoms with Crippen LogP contribution >= 0.6 is 11.8 Å². The zero-order valence-corrected chi connectivity index (χ0v) is 25.0. The standard InChI is InChI=1S/C32H50O5S/c1-23(2)9-6-10-24(3)11-7-12-25(4)13-8-14-26(5)19-20-38-22-29(32(36)37)21-30(33)27-15-17-28(18-16-27)31(34)35/h15-19,23-25,29H,6-14,20-22H2,1-5H3,(H,34,35)(H,36,37)/b26-19+. The minimum atomic E-state index is -1.06. The summed E-state index contributed by atoms with van der Waals surface area (Å²) in [6, 6.07) is 5.62. The summed E-state index contributed by atoms with van der Waals surface area (Å²) in [6.07, 6.45) is 13.6. The second-order valence-corrected chi connectivity index (χ2v) is 12.6. The van der Waals surface area contributed by atoms with Crippen molar-refractivity contribution in [3.05, 3.63) is 47.0 Å². The Morgan fingerprint density at radius 2 is 1.34 bits per heavy atom. The largest absolute Gasteiger partial charge is 0.481 e. The number of aliphatic carboxylic acids is 1. The first-order valence-electron chi connectivity index (χ1n) is 14.3.